The van der Waals surface area contributed by atoms with Crippen molar-refractivity contribution in [1.82, 2.24) is 25.5 Å². The number of nitrogens with zero attached hydrogens (tertiary/aromatic N) is 4. The van der Waals surface area contributed by atoms with Gasteiger partial charge in [0.05, 0.1) is 7.11 Å². The van der Waals surface area contributed by atoms with Crippen LogP contribution in [-0.4, -0.2) is 39.8 Å². The van der Waals surface area contributed by atoms with Crippen LogP contribution in [0.3, 0.4) is 0 Å². The van der Waals surface area contributed by atoms with Gasteiger partial charge < -0.3 is 10.1 Å². The van der Waals surface area contributed by atoms with E-state index >= 15 is 0 Å². The van der Waals surface area contributed by atoms with Gasteiger partial charge in [0.15, 0.2) is 5.82 Å². The Morgan fingerprint density at radius 1 is 1.07 bits per heavy atom. The number of rotatable bonds is 8. The van der Waals surface area contributed by atoms with Gasteiger partial charge in [-0.05, 0) is 41.8 Å². The number of hydrogen-bond acceptors (Lipinski definition) is 5. The van der Waals surface area contributed by atoms with Gasteiger partial charge >= 0.3 is 0 Å². The summed E-state index contributed by atoms with van der Waals surface area (Å²) in [6, 6.07) is 16.0. The third-order valence-electron chi connectivity index (χ3n) is 4.16. The Balaban J connectivity index is 1.43. The van der Waals surface area contributed by atoms with E-state index in [9.17, 15) is 4.79 Å². The van der Waals surface area contributed by atoms with Gasteiger partial charge in [-0.3, -0.25) is 4.79 Å². The van der Waals surface area contributed by atoms with Crippen molar-refractivity contribution in [2.75, 3.05) is 13.7 Å². The first kappa shape index (κ1) is 18.6. The van der Waals surface area contributed by atoms with E-state index in [2.05, 4.69) is 32.9 Å². The number of nitrogens with one attached hydrogen (secondary N) is 1. The predicted octanol–water partition coefficient (Wildman–Crippen LogP) is 1.94. The van der Waals surface area contributed by atoms with Gasteiger partial charge in [0.1, 0.15) is 12.3 Å². The highest BCUT2D eigenvalue weighted by molar-refractivity contribution is 5.75. The summed E-state index contributed by atoms with van der Waals surface area (Å²) in [5.74, 6) is 1.29. The molecule has 0 atom stereocenters. The Morgan fingerprint density at radius 3 is 2.48 bits per heavy atom. The smallest absolute Gasteiger partial charge is 0.243 e. The third-order valence-corrected chi connectivity index (χ3v) is 4.16. The molecule has 1 N–H and O–H groups in total. The van der Waals surface area contributed by atoms with E-state index in [4.69, 9.17) is 4.74 Å². The Bertz CT molecular complexity index is 872. The zero-order valence-corrected chi connectivity index (χ0v) is 15.6. The maximum absolute atomic E-state index is 12.0. The maximum atomic E-state index is 12.0. The number of benzene rings is 2. The highest BCUT2D eigenvalue weighted by Crippen LogP contribution is 2.11. The molecule has 0 saturated heterocycles. The fourth-order valence-corrected chi connectivity index (χ4v) is 2.63. The number of ether oxygens (including phenoxy) is 1. The van der Waals surface area contributed by atoms with Crippen LogP contribution in [-0.2, 0) is 24.2 Å². The van der Waals surface area contributed by atoms with Crippen LogP contribution in [0.1, 0.15) is 22.5 Å². The van der Waals surface area contributed by atoms with Crippen LogP contribution in [0.4, 0.5) is 0 Å². The first-order valence-corrected chi connectivity index (χ1v) is 8.84. The van der Waals surface area contributed by atoms with E-state index in [-0.39, 0.29) is 12.5 Å². The van der Waals surface area contributed by atoms with E-state index < -0.39 is 0 Å². The van der Waals surface area contributed by atoms with E-state index in [1.54, 1.807) is 7.11 Å². The molecule has 7 nitrogen and oxygen atoms in total. The predicted molar refractivity (Wildman–Crippen MR) is 102 cm³/mol. The molecule has 0 aliphatic rings. The van der Waals surface area contributed by atoms with Gasteiger partial charge in [0, 0.05) is 13.0 Å². The SMILES string of the molecule is COc1ccc(CCNC(=O)Cn2nnc(Cc3ccc(C)cc3)n2)cc1. The fraction of sp³-hybridized carbons (Fsp3) is 0.300. The van der Waals surface area contributed by atoms with E-state index in [0.29, 0.717) is 18.8 Å². The summed E-state index contributed by atoms with van der Waals surface area (Å²) in [7, 11) is 1.64. The van der Waals surface area contributed by atoms with Gasteiger partial charge in [-0.2, -0.15) is 4.80 Å². The third kappa shape index (κ3) is 5.64. The normalized spacial score (nSPS) is 10.6. The van der Waals surface area contributed by atoms with E-state index in [1.807, 2.05) is 43.3 Å². The number of carbonyl (C=O) groups is 1. The van der Waals surface area contributed by atoms with Crippen LogP contribution < -0.4 is 10.1 Å². The fourth-order valence-electron chi connectivity index (χ4n) is 2.63. The van der Waals surface area contributed by atoms with Crippen molar-refractivity contribution in [3.63, 3.8) is 0 Å². The molecule has 0 spiro atoms. The molecule has 0 aliphatic carbocycles. The lowest BCUT2D eigenvalue weighted by molar-refractivity contribution is -0.122. The zero-order valence-electron chi connectivity index (χ0n) is 15.6. The summed E-state index contributed by atoms with van der Waals surface area (Å²) in [5, 5.41) is 15.1. The summed E-state index contributed by atoms with van der Waals surface area (Å²) < 4.78 is 5.13. The van der Waals surface area contributed by atoms with Crippen molar-refractivity contribution >= 4 is 5.91 Å². The van der Waals surface area contributed by atoms with Gasteiger partial charge in [-0.1, -0.05) is 42.0 Å². The van der Waals surface area contributed by atoms with Crippen LogP contribution in [0.5, 0.6) is 5.75 Å². The average Bonchev–Trinajstić information content (AvgIpc) is 3.11. The molecule has 1 heterocycles. The number of tetrazole rings is 1. The van der Waals surface area contributed by atoms with Crippen molar-refractivity contribution in [1.29, 1.82) is 0 Å². The highest BCUT2D eigenvalue weighted by Gasteiger charge is 2.08. The molecule has 0 radical (unpaired) electrons. The average molecular weight is 365 g/mol. The molecule has 3 aromatic rings. The first-order chi connectivity index (χ1) is 13.1. The molecule has 27 heavy (non-hydrogen) atoms. The monoisotopic (exact) mass is 365 g/mol. The number of carbonyl (C=O) groups excluding carboxylic acids is 1. The van der Waals surface area contributed by atoms with Crippen LogP contribution >= 0.6 is 0 Å². The highest BCUT2D eigenvalue weighted by atomic mass is 16.5. The molecule has 2 aromatic carbocycles. The number of hydrogen-bond donors (Lipinski definition) is 1. The van der Waals surface area contributed by atoms with Crippen molar-refractivity contribution in [2.45, 2.75) is 26.3 Å². The lowest BCUT2D eigenvalue weighted by Gasteiger charge is -2.05. The quantitative estimate of drug-likeness (QED) is 0.660. The molecule has 0 bridgehead atoms. The van der Waals surface area contributed by atoms with Crippen LogP contribution in [0, 0.1) is 6.92 Å². The van der Waals surface area contributed by atoms with Crippen LogP contribution in [0.2, 0.25) is 0 Å². The van der Waals surface area contributed by atoms with E-state index in [0.717, 1.165) is 23.3 Å². The molecule has 1 amide bonds. The Kier molecular flexibility index (Phi) is 6.14. The van der Waals surface area contributed by atoms with Crippen molar-refractivity contribution in [3.8, 4) is 5.75 Å². The van der Waals surface area contributed by atoms with Gasteiger partial charge in [0.25, 0.3) is 0 Å². The molecule has 3 rings (SSSR count). The summed E-state index contributed by atoms with van der Waals surface area (Å²) in [4.78, 5) is 13.4. The molecule has 0 aliphatic heterocycles. The molecule has 0 fully saturated rings. The second-order valence-electron chi connectivity index (χ2n) is 6.35. The number of aryl methyl sites for hydroxylation is 1. The number of aromatic nitrogens is 4. The number of methoxy groups -OCH3 is 1. The number of amides is 1. The minimum atomic E-state index is -0.136. The van der Waals surface area contributed by atoms with Crippen molar-refractivity contribution in [3.05, 3.63) is 71.0 Å². The first-order valence-electron chi connectivity index (χ1n) is 8.84. The minimum Gasteiger partial charge on any atom is -0.497 e. The lowest BCUT2D eigenvalue weighted by Crippen LogP contribution is -2.30. The van der Waals surface area contributed by atoms with Gasteiger partial charge in [-0.25, -0.2) is 0 Å². The Hall–Kier alpha value is -3.22. The second kappa shape index (κ2) is 8.93. The zero-order chi connectivity index (χ0) is 19.1. The summed E-state index contributed by atoms with van der Waals surface area (Å²) in [6.45, 7) is 2.66. The van der Waals surface area contributed by atoms with Crippen LogP contribution in [0.15, 0.2) is 48.5 Å². The standard InChI is InChI=1S/C20H23N5O2/c1-15-3-5-17(6-4-15)13-19-22-24-25(23-19)14-20(26)21-12-11-16-7-9-18(27-2)10-8-16/h3-10H,11-14H2,1-2H3,(H,21,26). The topological polar surface area (TPSA) is 81.9 Å². The Morgan fingerprint density at radius 2 is 1.78 bits per heavy atom. The molecule has 7 heteroatoms. The summed E-state index contributed by atoms with van der Waals surface area (Å²) in [5.41, 5.74) is 3.46. The largest absolute Gasteiger partial charge is 0.497 e. The Labute approximate surface area is 158 Å². The maximum Gasteiger partial charge on any atom is 0.243 e. The molecule has 0 unspecified atom stereocenters. The van der Waals surface area contributed by atoms with Crippen molar-refractivity contribution < 1.29 is 9.53 Å². The molecule has 140 valence electrons. The molecule has 1 aromatic heterocycles. The van der Waals surface area contributed by atoms with E-state index in [1.165, 1.54) is 10.4 Å². The van der Waals surface area contributed by atoms with Gasteiger partial charge in [0.2, 0.25) is 5.91 Å². The van der Waals surface area contributed by atoms with Crippen LogP contribution in [0.25, 0.3) is 0 Å². The van der Waals surface area contributed by atoms with Gasteiger partial charge in [-0.15, -0.1) is 10.2 Å². The summed E-state index contributed by atoms with van der Waals surface area (Å²) >= 11 is 0. The second-order valence-corrected chi connectivity index (χ2v) is 6.35. The molecule has 0 saturated carbocycles. The lowest BCUT2D eigenvalue weighted by atomic mass is 10.1. The molecular weight excluding hydrogens is 342 g/mol. The van der Waals surface area contributed by atoms with Crippen molar-refractivity contribution in [2.24, 2.45) is 0 Å². The molecular formula is C20H23N5O2. The minimum absolute atomic E-state index is 0.0590. The summed E-state index contributed by atoms with van der Waals surface area (Å²) in [6.07, 6.45) is 1.35.